The van der Waals surface area contributed by atoms with Crippen LogP contribution in [0.5, 0.6) is 0 Å². The maximum Gasteiger partial charge on any atom is 0.00381 e. The summed E-state index contributed by atoms with van der Waals surface area (Å²) in [5, 5.41) is 3.62. The van der Waals surface area contributed by atoms with Crippen LogP contribution in [-0.2, 0) is 0 Å². The molecule has 2 nitrogen and oxygen atoms in total. The molecule has 1 atom stereocenters. The third-order valence-corrected chi connectivity index (χ3v) is 4.65. The minimum Gasteiger partial charge on any atom is -0.316 e. The monoisotopic (exact) mass is 252 g/mol. The molecule has 1 heterocycles. The van der Waals surface area contributed by atoms with Crippen LogP contribution in [-0.4, -0.2) is 37.6 Å². The Morgan fingerprint density at radius 1 is 1.33 bits per heavy atom. The molecule has 1 unspecified atom stereocenters. The maximum absolute atomic E-state index is 3.62. The summed E-state index contributed by atoms with van der Waals surface area (Å²) in [5.41, 5.74) is 0.745. The zero-order valence-corrected chi connectivity index (χ0v) is 12.7. The van der Waals surface area contributed by atoms with Crippen LogP contribution in [0.3, 0.4) is 0 Å². The van der Waals surface area contributed by atoms with E-state index in [0.717, 1.165) is 17.3 Å². The van der Waals surface area contributed by atoms with Gasteiger partial charge in [-0.25, -0.2) is 0 Å². The summed E-state index contributed by atoms with van der Waals surface area (Å²) in [5.74, 6) is 1.68. The summed E-state index contributed by atoms with van der Waals surface area (Å²) in [7, 11) is 0. The molecule has 0 aromatic rings. The van der Waals surface area contributed by atoms with Crippen molar-refractivity contribution in [2.24, 2.45) is 17.3 Å². The molecular weight excluding hydrogens is 220 g/mol. The van der Waals surface area contributed by atoms with Crippen LogP contribution in [0.2, 0.25) is 0 Å². The highest BCUT2D eigenvalue weighted by molar-refractivity contribution is 4.96. The molecule has 0 bridgehead atoms. The van der Waals surface area contributed by atoms with E-state index in [4.69, 9.17) is 0 Å². The smallest absolute Gasteiger partial charge is 0.00381 e. The van der Waals surface area contributed by atoms with Crippen LogP contribution in [0.4, 0.5) is 0 Å². The largest absolute Gasteiger partial charge is 0.316 e. The number of nitrogens with zero attached hydrogens (tertiary/aromatic N) is 1. The Labute approximate surface area is 114 Å². The lowest BCUT2D eigenvalue weighted by atomic mass is 10.0. The van der Waals surface area contributed by atoms with E-state index in [1.807, 2.05) is 0 Å². The van der Waals surface area contributed by atoms with Crippen molar-refractivity contribution in [1.82, 2.24) is 10.2 Å². The minimum absolute atomic E-state index is 0.745. The van der Waals surface area contributed by atoms with E-state index >= 15 is 0 Å². The van der Waals surface area contributed by atoms with Crippen LogP contribution in [0, 0.1) is 17.3 Å². The molecule has 106 valence electrons. The Morgan fingerprint density at radius 2 is 2.11 bits per heavy atom. The van der Waals surface area contributed by atoms with Gasteiger partial charge in [0.25, 0.3) is 0 Å². The Balaban J connectivity index is 1.63. The molecule has 0 aromatic heterocycles. The molecule has 1 saturated carbocycles. The van der Waals surface area contributed by atoms with Gasteiger partial charge in [0, 0.05) is 13.1 Å². The molecule has 2 aliphatic rings. The van der Waals surface area contributed by atoms with E-state index in [1.54, 1.807) is 0 Å². The summed E-state index contributed by atoms with van der Waals surface area (Å²) in [4.78, 5) is 2.74. The third-order valence-electron chi connectivity index (χ3n) is 4.65. The molecule has 18 heavy (non-hydrogen) atoms. The van der Waals surface area contributed by atoms with Crippen LogP contribution in [0.1, 0.15) is 52.9 Å². The van der Waals surface area contributed by atoms with Gasteiger partial charge in [0.15, 0.2) is 0 Å². The van der Waals surface area contributed by atoms with Crippen molar-refractivity contribution in [3.05, 3.63) is 0 Å². The number of hydrogen-bond acceptors (Lipinski definition) is 2. The van der Waals surface area contributed by atoms with Gasteiger partial charge in [-0.3, -0.25) is 0 Å². The first-order valence-corrected chi connectivity index (χ1v) is 8.06. The molecule has 0 spiro atoms. The van der Waals surface area contributed by atoms with E-state index in [0.29, 0.717) is 0 Å². The normalized spacial score (nSPS) is 27.0. The molecule has 0 radical (unpaired) electrons. The van der Waals surface area contributed by atoms with Crippen LogP contribution in [0.15, 0.2) is 0 Å². The highest BCUT2D eigenvalue weighted by Crippen LogP contribution is 2.50. The highest BCUT2D eigenvalue weighted by Gasteiger charge is 2.43. The lowest BCUT2D eigenvalue weighted by Gasteiger charge is -2.23. The van der Waals surface area contributed by atoms with E-state index < -0.39 is 0 Å². The zero-order valence-electron chi connectivity index (χ0n) is 12.7. The first kappa shape index (κ1) is 14.3. The first-order chi connectivity index (χ1) is 8.63. The standard InChI is InChI=1S/C16H32N2/c1-4-6-16(7-8-16)13-18-9-5-15(12-18)11-17-10-14(2)3/h14-15,17H,4-13H2,1-3H3. The molecule has 2 fully saturated rings. The predicted molar refractivity (Wildman–Crippen MR) is 78.8 cm³/mol. The number of likely N-dealkylation sites (tertiary alicyclic amines) is 1. The van der Waals surface area contributed by atoms with Gasteiger partial charge in [-0.1, -0.05) is 27.2 Å². The summed E-state index contributed by atoms with van der Waals surface area (Å²) >= 11 is 0. The molecule has 0 amide bonds. The maximum atomic E-state index is 3.62. The molecule has 1 N–H and O–H groups in total. The lowest BCUT2D eigenvalue weighted by Crippen LogP contribution is -2.31. The number of hydrogen-bond donors (Lipinski definition) is 1. The molecular formula is C16H32N2. The average Bonchev–Trinajstić information content (AvgIpc) is 2.90. The van der Waals surface area contributed by atoms with Crippen molar-refractivity contribution in [3.8, 4) is 0 Å². The molecule has 1 aliphatic heterocycles. The average molecular weight is 252 g/mol. The van der Waals surface area contributed by atoms with Crippen molar-refractivity contribution in [2.45, 2.75) is 52.9 Å². The van der Waals surface area contributed by atoms with Crippen molar-refractivity contribution >= 4 is 0 Å². The fourth-order valence-electron chi connectivity index (χ4n) is 3.47. The molecule has 2 rings (SSSR count). The summed E-state index contributed by atoms with van der Waals surface area (Å²) in [6.07, 6.45) is 7.22. The second kappa shape index (κ2) is 6.38. The van der Waals surface area contributed by atoms with Gasteiger partial charge >= 0.3 is 0 Å². The van der Waals surface area contributed by atoms with E-state index in [1.165, 1.54) is 64.8 Å². The summed E-state index contributed by atoms with van der Waals surface area (Å²) < 4.78 is 0. The van der Waals surface area contributed by atoms with E-state index in [9.17, 15) is 0 Å². The summed E-state index contributed by atoms with van der Waals surface area (Å²) in [6, 6.07) is 0. The van der Waals surface area contributed by atoms with Gasteiger partial charge in [0.05, 0.1) is 0 Å². The molecule has 0 aromatic carbocycles. The second-order valence-electron chi connectivity index (χ2n) is 7.19. The molecule has 1 saturated heterocycles. The number of rotatable bonds is 8. The van der Waals surface area contributed by atoms with Gasteiger partial charge in [-0.2, -0.15) is 0 Å². The number of nitrogens with one attached hydrogen (secondary N) is 1. The second-order valence-corrected chi connectivity index (χ2v) is 7.19. The molecule has 2 heteroatoms. The van der Waals surface area contributed by atoms with Crippen molar-refractivity contribution in [3.63, 3.8) is 0 Å². The highest BCUT2D eigenvalue weighted by atomic mass is 15.2. The third kappa shape index (κ3) is 4.24. The van der Waals surface area contributed by atoms with Gasteiger partial charge in [-0.15, -0.1) is 0 Å². The van der Waals surface area contributed by atoms with Crippen molar-refractivity contribution in [1.29, 1.82) is 0 Å². The quantitative estimate of drug-likeness (QED) is 0.714. The minimum atomic E-state index is 0.745. The fraction of sp³-hybridized carbons (Fsp3) is 1.00. The van der Waals surface area contributed by atoms with Gasteiger partial charge in [0.1, 0.15) is 0 Å². The predicted octanol–water partition coefficient (Wildman–Crippen LogP) is 3.13. The fourth-order valence-corrected chi connectivity index (χ4v) is 3.47. The van der Waals surface area contributed by atoms with Gasteiger partial charge in [-0.05, 0) is 62.6 Å². The van der Waals surface area contributed by atoms with Crippen LogP contribution < -0.4 is 5.32 Å². The first-order valence-electron chi connectivity index (χ1n) is 8.06. The topological polar surface area (TPSA) is 15.3 Å². The van der Waals surface area contributed by atoms with Gasteiger partial charge < -0.3 is 10.2 Å². The van der Waals surface area contributed by atoms with E-state index in [2.05, 4.69) is 31.0 Å². The van der Waals surface area contributed by atoms with Crippen LogP contribution >= 0.6 is 0 Å². The summed E-state index contributed by atoms with van der Waals surface area (Å²) in [6.45, 7) is 13.4. The zero-order chi connectivity index (χ0) is 13.0. The van der Waals surface area contributed by atoms with E-state index in [-0.39, 0.29) is 0 Å². The lowest BCUT2D eigenvalue weighted by molar-refractivity contribution is 0.244. The van der Waals surface area contributed by atoms with Crippen LogP contribution in [0.25, 0.3) is 0 Å². The Kier molecular flexibility index (Phi) is 5.08. The van der Waals surface area contributed by atoms with Crippen molar-refractivity contribution < 1.29 is 0 Å². The molecule has 1 aliphatic carbocycles. The Hall–Kier alpha value is -0.0800. The SMILES string of the molecule is CCCC1(CN2CCC(CNCC(C)C)C2)CC1. The van der Waals surface area contributed by atoms with Gasteiger partial charge in [0.2, 0.25) is 0 Å². The Bertz CT molecular complexity index is 245. The van der Waals surface area contributed by atoms with Crippen molar-refractivity contribution in [2.75, 3.05) is 32.7 Å². The Morgan fingerprint density at radius 3 is 2.72 bits per heavy atom.